The van der Waals surface area contributed by atoms with Crippen LogP contribution in [0.2, 0.25) is 0 Å². The first-order valence-corrected chi connectivity index (χ1v) is 13.0. The fourth-order valence-electron chi connectivity index (χ4n) is 4.66. The van der Waals surface area contributed by atoms with Gasteiger partial charge in [-0.25, -0.2) is 0 Å². The molecule has 0 bridgehead atoms. The van der Waals surface area contributed by atoms with E-state index >= 15 is 0 Å². The predicted molar refractivity (Wildman–Crippen MR) is 132 cm³/mol. The third kappa shape index (κ3) is 8.23. The lowest BCUT2D eigenvalue weighted by atomic mass is 9.93. The minimum absolute atomic E-state index is 0.00779. The third-order valence-electron chi connectivity index (χ3n) is 7.28. The number of aliphatic hydroxyl groups is 7. The summed E-state index contributed by atoms with van der Waals surface area (Å²) in [6.45, 7) is 2.83. The molecule has 1 amide bonds. The monoisotopic (exact) mass is 554 g/mol. The van der Waals surface area contributed by atoms with E-state index in [-0.39, 0.29) is 25.8 Å². The maximum Gasteiger partial charge on any atom is 0.249 e. The molecule has 0 saturated carbocycles. The summed E-state index contributed by atoms with van der Waals surface area (Å²) < 4.78 is 16.9. The summed E-state index contributed by atoms with van der Waals surface area (Å²) in [5.74, 6) is -0.778. The average Bonchev–Trinajstić information content (AvgIpc) is 3.16. The molecule has 0 aromatic carbocycles. The molecule has 14 atom stereocenters. The number of nitrogens with one attached hydrogen (secondary N) is 1. The summed E-state index contributed by atoms with van der Waals surface area (Å²) >= 11 is 0. The summed E-state index contributed by atoms with van der Waals surface area (Å²) in [6.07, 6.45) is -12.3. The third-order valence-corrected chi connectivity index (χ3v) is 7.28. The molecule has 38 heavy (non-hydrogen) atoms. The van der Waals surface area contributed by atoms with E-state index in [1.165, 1.54) is 0 Å². The number of carbonyl (C=O) groups excluding carboxylic acids is 1. The van der Waals surface area contributed by atoms with Crippen LogP contribution in [0.3, 0.4) is 0 Å². The Kier molecular flexibility index (Phi) is 13.2. The molecule has 15 heteroatoms. The van der Waals surface area contributed by atoms with E-state index in [4.69, 9.17) is 31.4 Å². The van der Waals surface area contributed by atoms with Crippen LogP contribution in [0.5, 0.6) is 0 Å². The van der Waals surface area contributed by atoms with Gasteiger partial charge in [0, 0.05) is 12.5 Å². The van der Waals surface area contributed by atoms with E-state index in [0.717, 1.165) is 0 Å². The molecule has 2 fully saturated rings. The van der Waals surface area contributed by atoms with Crippen molar-refractivity contribution < 1.29 is 54.8 Å². The van der Waals surface area contributed by atoms with Gasteiger partial charge in [0.2, 0.25) is 5.91 Å². The minimum atomic E-state index is -1.42. The molecule has 2 heterocycles. The maximum absolute atomic E-state index is 12.5. The fraction of sp³-hybridized carbons (Fsp3) is 0.957. The summed E-state index contributed by atoms with van der Waals surface area (Å²) in [5, 5.41) is 73.6. The normalized spacial score (nSPS) is 37.8. The second kappa shape index (κ2) is 15.1. The number of carbonyl (C=O) groups is 1. The van der Waals surface area contributed by atoms with E-state index in [2.05, 4.69) is 5.32 Å². The summed E-state index contributed by atoms with van der Waals surface area (Å²) in [6, 6.07) is -3.02. The van der Waals surface area contributed by atoms with Crippen LogP contribution in [0.25, 0.3) is 0 Å². The summed E-state index contributed by atoms with van der Waals surface area (Å²) in [7, 11) is 0. The Labute approximate surface area is 221 Å². The van der Waals surface area contributed by atoms with Gasteiger partial charge in [0.1, 0.15) is 36.6 Å². The zero-order valence-corrected chi connectivity index (χ0v) is 21.8. The van der Waals surface area contributed by atoms with Gasteiger partial charge in [-0.2, -0.15) is 0 Å². The Balaban J connectivity index is 2.10. The first-order valence-electron chi connectivity index (χ1n) is 13.0. The molecule has 0 aliphatic carbocycles. The van der Waals surface area contributed by atoms with Gasteiger partial charge in [-0.15, -0.1) is 0 Å². The van der Waals surface area contributed by atoms with Crippen LogP contribution in [0.4, 0.5) is 0 Å². The maximum atomic E-state index is 12.5. The van der Waals surface area contributed by atoms with E-state index in [1.54, 1.807) is 13.8 Å². The van der Waals surface area contributed by atoms with Crippen LogP contribution in [-0.4, -0.2) is 140 Å². The van der Waals surface area contributed by atoms with Crippen molar-refractivity contribution in [2.45, 2.75) is 125 Å². The quantitative estimate of drug-likeness (QED) is 0.0957. The highest BCUT2D eigenvalue weighted by molar-refractivity contribution is 5.80. The van der Waals surface area contributed by atoms with Crippen molar-refractivity contribution in [2.24, 2.45) is 17.2 Å². The Morgan fingerprint density at radius 1 is 1.03 bits per heavy atom. The zero-order chi connectivity index (χ0) is 28.7. The molecule has 11 unspecified atom stereocenters. The molecule has 15 nitrogen and oxygen atoms in total. The number of hydrogen-bond acceptors (Lipinski definition) is 14. The fourth-order valence-corrected chi connectivity index (χ4v) is 4.66. The Bertz CT molecular complexity index is 723. The number of hydrogen-bond donors (Lipinski definition) is 11. The first kappa shape index (κ1) is 33.2. The van der Waals surface area contributed by atoms with Gasteiger partial charge < -0.3 is 72.5 Å². The highest BCUT2D eigenvalue weighted by atomic mass is 16.7. The molecular formula is C23H46N4O11. The second-order valence-corrected chi connectivity index (χ2v) is 10.1. The molecule has 2 aliphatic rings. The number of nitrogens with two attached hydrogens (primary N) is 3. The van der Waals surface area contributed by atoms with Crippen molar-refractivity contribution in [1.82, 2.24) is 5.32 Å². The molecule has 2 saturated heterocycles. The van der Waals surface area contributed by atoms with Crippen molar-refractivity contribution in [3.8, 4) is 0 Å². The Morgan fingerprint density at radius 2 is 1.63 bits per heavy atom. The SMILES string of the molecule is CCC1OC(C[C@H](O)C(CC(N)[C@H](C)OC2OC(CO)C(O)C(O)C2N)NC(=O)[C@@H](O)CCN)C(O)C1O. The molecule has 0 aromatic heterocycles. The topological polar surface area (TPSA) is 276 Å². The van der Waals surface area contributed by atoms with Gasteiger partial charge in [0.15, 0.2) is 6.29 Å². The van der Waals surface area contributed by atoms with Gasteiger partial charge in [0.25, 0.3) is 0 Å². The highest BCUT2D eigenvalue weighted by Gasteiger charge is 2.45. The molecule has 0 spiro atoms. The lowest BCUT2D eigenvalue weighted by molar-refractivity contribution is -0.277. The molecule has 2 rings (SSSR count). The largest absolute Gasteiger partial charge is 0.394 e. The lowest BCUT2D eigenvalue weighted by Crippen LogP contribution is -2.63. The first-order chi connectivity index (χ1) is 17.9. The number of ether oxygens (including phenoxy) is 3. The lowest BCUT2D eigenvalue weighted by Gasteiger charge is -2.42. The smallest absolute Gasteiger partial charge is 0.249 e. The number of rotatable bonds is 14. The van der Waals surface area contributed by atoms with Crippen LogP contribution in [-0.2, 0) is 19.0 Å². The molecule has 224 valence electrons. The van der Waals surface area contributed by atoms with E-state index in [9.17, 15) is 40.5 Å². The Hall–Kier alpha value is -1.05. The second-order valence-electron chi connectivity index (χ2n) is 10.1. The number of aliphatic hydroxyl groups excluding tert-OH is 7. The van der Waals surface area contributed by atoms with Gasteiger partial charge in [-0.05, 0) is 32.7 Å². The molecule has 0 radical (unpaired) electrons. The number of amides is 1. The molecule has 14 N–H and O–H groups in total. The van der Waals surface area contributed by atoms with Crippen molar-refractivity contribution >= 4 is 5.91 Å². The van der Waals surface area contributed by atoms with Gasteiger partial charge in [0.05, 0.1) is 43.1 Å². The molecule has 2 aliphatic heterocycles. The van der Waals surface area contributed by atoms with Crippen LogP contribution in [0.1, 0.15) is 39.5 Å². The van der Waals surface area contributed by atoms with Crippen molar-refractivity contribution in [3.05, 3.63) is 0 Å². The van der Waals surface area contributed by atoms with Gasteiger partial charge >= 0.3 is 0 Å². The highest BCUT2D eigenvalue weighted by Crippen LogP contribution is 2.28. The van der Waals surface area contributed by atoms with E-state index in [0.29, 0.717) is 6.42 Å². The van der Waals surface area contributed by atoms with Crippen molar-refractivity contribution in [1.29, 1.82) is 0 Å². The van der Waals surface area contributed by atoms with Crippen LogP contribution >= 0.6 is 0 Å². The van der Waals surface area contributed by atoms with Crippen LogP contribution in [0, 0.1) is 0 Å². The van der Waals surface area contributed by atoms with Crippen molar-refractivity contribution in [3.63, 3.8) is 0 Å². The average molecular weight is 555 g/mol. The van der Waals surface area contributed by atoms with Crippen LogP contribution in [0.15, 0.2) is 0 Å². The van der Waals surface area contributed by atoms with Crippen molar-refractivity contribution in [2.75, 3.05) is 13.2 Å². The van der Waals surface area contributed by atoms with Gasteiger partial charge in [-0.1, -0.05) is 6.92 Å². The zero-order valence-electron chi connectivity index (χ0n) is 21.8. The summed E-state index contributed by atoms with van der Waals surface area (Å²) in [5.41, 5.74) is 17.6. The standard InChI is InChI=1S/C23H46N4O11/c1-3-14-18(31)19(32)15(37-14)7-13(30)11(27-22(35)12(29)4-5-24)6-10(25)9(2)36-23-17(26)21(34)20(33)16(8-28)38-23/h9-21,23,28-34H,3-8,24-26H2,1-2H3,(H,27,35)/t9-,10?,11?,12-,13-,14?,15?,16?,17?,18?,19?,20?,21?,23?/m0/s1. The Morgan fingerprint density at radius 3 is 2.18 bits per heavy atom. The van der Waals surface area contributed by atoms with E-state index < -0.39 is 98.0 Å². The van der Waals surface area contributed by atoms with Gasteiger partial charge in [-0.3, -0.25) is 4.79 Å². The van der Waals surface area contributed by atoms with E-state index in [1.807, 2.05) is 0 Å². The van der Waals surface area contributed by atoms with Crippen LogP contribution < -0.4 is 22.5 Å². The summed E-state index contributed by atoms with van der Waals surface area (Å²) in [4.78, 5) is 12.5. The molecular weight excluding hydrogens is 508 g/mol. The molecule has 0 aromatic rings. The minimum Gasteiger partial charge on any atom is -0.394 e. The predicted octanol–water partition coefficient (Wildman–Crippen LogP) is -5.28.